The number of benzene rings is 1. The molecule has 0 radical (unpaired) electrons. The minimum absolute atomic E-state index is 0.0742. The fourth-order valence-corrected chi connectivity index (χ4v) is 4.77. The van der Waals surface area contributed by atoms with Crippen molar-refractivity contribution in [1.29, 1.82) is 10.5 Å². The van der Waals surface area contributed by atoms with Crippen molar-refractivity contribution in [3.63, 3.8) is 0 Å². The minimum Gasteiger partial charge on any atom is -0.346 e. The van der Waals surface area contributed by atoms with Crippen LogP contribution in [0.4, 0.5) is 8.78 Å². The number of H-pyrrole nitrogens is 1. The Kier molecular flexibility index (Phi) is 7.07. The summed E-state index contributed by atoms with van der Waals surface area (Å²) in [7, 11) is 0. The molecule has 0 saturated carbocycles. The second kappa shape index (κ2) is 10.7. The van der Waals surface area contributed by atoms with Crippen molar-refractivity contribution in [2.45, 2.75) is 18.5 Å². The number of hydrogen-bond donors (Lipinski definition) is 1. The number of halogens is 2. The Morgan fingerprint density at radius 1 is 1.24 bits per heavy atom. The number of alkyl halides is 1. The van der Waals surface area contributed by atoms with Gasteiger partial charge in [0.2, 0.25) is 0 Å². The summed E-state index contributed by atoms with van der Waals surface area (Å²) in [6.07, 6.45) is 6.89. The number of nitrogens with zero attached hydrogens (tertiary/aromatic N) is 8. The Morgan fingerprint density at radius 2 is 2.11 bits per heavy atom. The zero-order valence-corrected chi connectivity index (χ0v) is 20.3. The Morgan fingerprint density at radius 3 is 2.87 bits per heavy atom. The highest BCUT2D eigenvalue weighted by molar-refractivity contribution is 5.94. The first-order valence-electron chi connectivity index (χ1n) is 12.0. The van der Waals surface area contributed by atoms with Gasteiger partial charge in [-0.15, -0.1) is 0 Å². The van der Waals surface area contributed by atoms with Crippen molar-refractivity contribution in [3.8, 4) is 23.4 Å². The van der Waals surface area contributed by atoms with E-state index in [1.807, 2.05) is 23.2 Å². The number of carbonyl (C=O) groups excluding carboxylic acids is 1. The van der Waals surface area contributed by atoms with E-state index in [1.54, 1.807) is 17.1 Å². The van der Waals surface area contributed by atoms with Crippen LogP contribution in [0.5, 0.6) is 0 Å². The average Bonchev–Trinajstić information content (AvgIpc) is 3.62. The van der Waals surface area contributed by atoms with Crippen LogP contribution in [-0.4, -0.2) is 79.3 Å². The topological polar surface area (TPSA) is 131 Å². The zero-order chi connectivity index (χ0) is 26.6. The molecule has 1 aromatic carbocycles. The zero-order valence-electron chi connectivity index (χ0n) is 20.3. The van der Waals surface area contributed by atoms with E-state index >= 15 is 0 Å². The van der Waals surface area contributed by atoms with E-state index in [4.69, 9.17) is 5.26 Å². The summed E-state index contributed by atoms with van der Waals surface area (Å²) >= 11 is 0. The Hall–Kier alpha value is -4.68. The number of amides is 1. The lowest BCUT2D eigenvalue weighted by molar-refractivity contribution is 0.0370. The van der Waals surface area contributed by atoms with Crippen LogP contribution in [0.3, 0.4) is 0 Å². The molecule has 38 heavy (non-hydrogen) atoms. The number of nitrogens with one attached hydrogen (secondary N) is 1. The molecule has 0 bridgehead atoms. The first-order valence-corrected chi connectivity index (χ1v) is 12.0. The van der Waals surface area contributed by atoms with Crippen LogP contribution in [0.1, 0.15) is 28.4 Å². The smallest absolute Gasteiger partial charge is 0.256 e. The van der Waals surface area contributed by atoms with Gasteiger partial charge in [-0.2, -0.15) is 15.6 Å². The van der Waals surface area contributed by atoms with Crippen LogP contribution in [0, 0.1) is 28.5 Å². The highest BCUT2D eigenvalue weighted by Crippen LogP contribution is 2.26. The summed E-state index contributed by atoms with van der Waals surface area (Å²) in [6, 6.07) is 8.61. The standard InChI is InChI=1S/C26H23F2N9O/c27-10-20-15-36(26(38)21-2-1-17(11-30)9-23(21)28)8-7-35(20)14-19(3-5-29)37-13-18(12-34-37)24-22-4-6-31-25(22)33-16-32-24/h1-2,4,6,9,12-13,16,19-20H,3,7-8,10,14-15H2,(H,31,32,33). The highest BCUT2D eigenvalue weighted by Gasteiger charge is 2.33. The van der Waals surface area contributed by atoms with Crippen LogP contribution >= 0.6 is 0 Å². The van der Waals surface area contributed by atoms with Gasteiger partial charge in [0.05, 0.1) is 53.7 Å². The monoisotopic (exact) mass is 515 g/mol. The quantitative estimate of drug-likeness (QED) is 0.400. The average molecular weight is 516 g/mol. The third-order valence-corrected chi connectivity index (χ3v) is 6.77. The summed E-state index contributed by atoms with van der Waals surface area (Å²) in [5.74, 6) is -1.33. The molecule has 2 unspecified atom stereocenters. The lowest BCUT2D eigenvalue weighted by Crippen LogP contribution is -2.56. The van der Waals surface area contributed by atoms with E-state index < -0.39 is 24.4 Å². The van der Waals surface area contributed by atoms with Gasteiger partial charge in [-0.3, -0.25) is 14.4 Å². The van der Waals surface area contributed by atoms with Crippen molar-refractivity contribution in [2.24, 2.45) is 0 Å². The number of aromatic nitrogens is 5. The van der Waals surface area contributed by atoms with Gasteiger partial charge in [0, 0.05) is 49.5 Å². The normalized spacial score (nSPS) is 16.7. The molecular weight excluding hydrogens is 492 g/mol. The van der Waals surface area contributed by atoms with E-state index in [0.29, 0.717) is 24.4 Å². The lowest BCUT2D eigenvalue weighted by Gasteiger charge is -2.41. The van der Waals surface area contributed by atoms with Gasteiger partial charge in [-0.25, -0.2) is 18.7 Å². The van der Waals surface area contributed by atoms with Crippen molar-refractivity contribution in [2.75, 3.05) is 32.9 Å². The molecule has 10 nitrogen and oxygen atoms in total. The van der Waals surface area contributed by atoms with Crippen LogP contribution < -0.4 is 0 Å². The van der Waals surface area contributed by atoms with Gasteiger partial charge >= 0.3 is 0 Å². The SMILES string of the molecule is N#CCC(CN1CCN(C(=O)c2ccc(C#N)cc2F)CC1CF)n1cc(-c2ncnc3[nH]ccc23)cn1. The van der Waals surface area contributed by atoms with Crippen LogP contribution in [0.2, 0.25) is 0 Å². The molecule has 5 rings (SSSR count). The summed E-state index contributed by atoms with van der Waals surface area (Å²) in [4.78, 5) is 27.9. The third kappa shape index (κ3) is 4.82. The van der Waals surface area contributed by atoms with E-state index in [2.05, 4.69) is 26.1 Å². The fourth-order valence-electron chi connectivity index (χ4n) is 4.77. The molecule has 0 aliphatic carbocycles. The highest BCUT2D eigenvalue weighted by atomic mass is 19.1. The van der Waals surface area contributed by atoms with E-state index in [1.165, 1.54) is 23.4 Å². The van der Waals surface area contributed by atoms with Crippen molar-refractivity contribution in [1.82, 2.24) is 34.5 Å². The summed E-state index contributed by atoms with van der Waals surface area (Å²) in [6.45, 7) is 0.329. The van der Waals surface area contributed by atoms with Crippen molar-refractivity contribution in [3.05, 3.63) is 66.1 Å². The molecule has 1 saturated heterocycles. The molecule has 1 fully saturated rings. The van der Waals surface area contributed by atoms with Crippen molar-refractivity contribution < 1.29 is 13.6 Å². The second-order valence-corrected chi connectivity index (χ2v) is 9.05. The molecule has 4 aromatic rings. The third-order valence-electron chi connectivity index (χ3n) is 6.77. The molecule has 3 aromatic heterocycles. The predicted molar refractivity (Wildman–Crippen MR) is 133 cm³/mol. The van der Waals surface area contributed by atoms with Crippen LogP contribution in [0.25, 0.3) is 22.3 Å². The number of piperazine rings is 1. The van der Waals surface area contributed by atoms with Crippen LogP contribution in [0.15, 0.2) is 49.2 Å². The number of fused-ring (bicyclic) bond motifs is 1. The maximum atomic E-state index is 14.4. The molecule has 12 heteroatoms. The first-order chi connectivity index (χ1) is 18.5. The summed E-state index contributed by atoms with van der Waals surface area (Å²) in [5.41, 5.74) is 2.15. The number of hydrogen-bond acceptors (Lipinski definition) is 7. The Bertz CT molecular complexity index is 1550. The summed E-state index contributed by atoms with van der Waals surface area (Å²) < 4.78 is 30.2. The molecule has 192 valence electrons. The van der Waals surface area contributed by atoms with Crippen molar-refractivity contribution >= 4 is 16.9 Å². The van der Waals surface area contributed by atoms with Gasteiger partial charge in [0.25, 0.3) is 5.91 Å². The number of carbonyl (C=O) groups is 1. The molecular formula is C26H23F2N9O. The number of rotatable bonds is 7. The van der Waals surface area contributed by atoms with Gasteiger partial charge in [0.1, 0.15) is 24.5 Å². The molecule has 1 aliphatic rings. The Balaban J connectivity index is 1.31. The van der Waals surface area contributed by atoms with Crippen LogP contribution in [-0.2, 0) is 0 Å². The van der Waals surface area contributed by atoms with E-state index in [0.717, 1.165) is 17.0 Å². The van der Waals surface area contributed by atoms with Gasteiger partial charge < -0.3 is 9.88 Å². The van der Waals surface area contributed by atoms with E-state index in [-0.39, 0.29) is 36.7 Å². The number of aromatic amines is 1. The van der Waals surface area contributed by atoms with E-state index in [9.17, 15) is 18.8 Å². The molecule has 1 N–H and O–H groups in total. The van der Waals surface area contributed by atoms with Gasteiger partial charge in [-0.05, 0) is 24.3 Å². The Labute approximate surface area is 216 Å². The maximum absolute atomic E-state index is 14.4. The predicted octanol–water partition coefficient (Wildman–Crippen LogP) is 3.08. The molecule has 1 amide bonds. The number of nitriles is 2. The summed E-state index contributed by atoms with van der Waals surface area (Å²) in [5, 5.41) is 23.7. The maximum Gasteiger partial charge on any atom is 0.256 e. The van der Waals surface area contributed by atoms with Gasteiger partial charge in [0.15, 0.2) is 0 Å². The second-order valence-electron chi connectivity index (χ2n) is 9.05. The molecule has 4 heterocycles. The van der Waals surface area contributed by atoms with Gasteiger partial charge in [-0.1, -0.05) is 0 Å². The minimum atomic E-state index is -0.780. The molecule has 1 aliphatic heterocycles. The molecule has 0 spiro atoms. The molecule has 2 atom stereocenters. The lowest BCUT2D eigenvalue weighted by atomic mass is 10.1. The first kappa shape index (κ1) is 25.0. The fraction of sp³-hybridized carbons (Fsp3) is 0.308. The largest absolute Gasteiger partial charge is 0.346 e.